The topological polar surface area (TPSA) is 40.6 Å². The zero-order chi connectivity index (χ0) is 64.1. The first-order valence-corrected chi connectivity index (χ1v) is 33.7. The first kappa shape index (κ1) is 54.9. The summed E-state index contributed by atoms with van der Waals surface area (Å²) < 4.78 is 7.06. The third kappa shape index (κ3) is 7.68. The summed E-state index contributed by atoms with van der Waals surface area (Å²) in [5, 5.41) is 7.07. The van der Waals surface area contributed by atoms with Crippen molar-refractivity contribution in [2.45, 2.75) is 57.8 Å². The number of para-hydroxylation sites is 3. The Hall–Kier alpha value is -11.7. The average molecular weight is 1230 g/mol. The van der Waals surface area contributed by atoms with Gasteiger partial charge >= 0.3 is 0 Å². The maximum atomic E-state index is 5.76. The van der Waals surface area contributed by atoms with Gasteiger partial charge in [-0.05, 0) is 185 Å². The molecule has 13 aromatic carbocycles. The Balaban J connectivity index is 0.740. The number of nitrogens with zero attached hydrogens (tertiary/aromatic N) is 5. The highest BCUT2D eigenvalue weighted by atomic mass is 15.2. The molecule has 0 bridgehead atoms. The lowest BCUT2D eigenvalue weighted by molar-refractivity contribution is 0.660. The van der Waals surface area contributed by atoms with Crippen molar-refractivity contribution >= 4 is 65.4 Å². The molecule has 0 saturated heterocycles. The maximum Gasteiger partial charge on any atom is 0.237 e. The Morgan fingerprint density at radius 1 is 0.229 bits per heavy atom. The first-order valence-electron chi connectivity index (χ1n) is 33.7. The van der Waals surface area contributed by atoms with Crippen LogP contribution in [0.15, 0.2) is 285 Å². The molecule has 5 nitrogen and oxygen atoms in total. The van der Waals surface area contributed by atoms with Crippen LogP contribution in [-0.4, -0.2) is 23.7 Å². The van der Waals surface area contributed by atoms with Gasteiger partial charge in [-0.1, -0.05) is 236 Å². The van der Waals surface area contributed by atoms with Crippen molar-refractivity contribution in [3.05, 3.63) is 318 Å². The van der Waals surface area contributed by atoms with Gasteiger partial charge in [0, 0.05) is 65.9 Å². The summed E-state index contributed by atoms with van der Waals surface area (Å²) in [6.45, 7) is 14.2. The molecule has 0 radical (unpaired) electrons. The minimum Gasteiger partial charge on any atom is -0.309 e. The monoisotopic (exact) mass is 1230 g/mol. The van der Waals surface area contributed by atoms with Gasteiger partial charge in [-0.2, -0.15) is 4.98 Å². The molecule has 0 aliphatic heterocycles. The van der Waals surface area contributed by atoms with Crippen LogP contribution in [0.5, 0.6) is 0 Å². The second-order valence-corrected chi connectivity index (χ2v) is 28.5. The largest absolute Gasteiger partial charge is 0.309 e. The van der Waals surface area contributed by atoms with Crippen LogP contribution < -0.4 is 0 Å². The number of hydrogen-bond donors (Lipinski definition) is 0. The predicted octanol–water partition coefficient (Wildman–Crippen LogP) is 23.4. The van der Waals surface area contributed by atoms with Crippen molar-refractivity contribution in [3.8, 4) is 95.5 Å². The molecule has 4 heterocycles. The highest BCUT2D eigenvalue weighted by molar-refractivity contribution is 6.13. The number of hydrogen-bond acceptors (Lipinski definition) is 2. The zero-order valence-corrected chi connectivity index (χ0v) is 54.4. The van der Waals surface area contributed by atoms with E-state index in [4.69, 9.17) is 9.97 Å². The van der Waals surface area contributed by atoms with Crippen LogP contribution in [0.2, 0.25) is 0 Å². The molecular formula is C91H65N5. The fourth-order valence-corrected chi connectivity index (χ4v) is 17.4. The molecule has 454 valence electrons. The van der Waals surface area contributed by atoms with E-state index in [2.05, 4.69) is 340 Å². The minimum absolute atomic E-state index is 0.0825. The Morgan fingerprint density at radius 2 is 0.542 bits per heavy atom. The third-order valence-corrected chi connectivity index (χ3v) is 22.3. The van der Waals surface area contributed by atoms with Crippen LogP contribution in [0, 0.1) is 0 Å². The van der Waals surface area contributed by atoms with Crippen LogP contribution >= 0.6 is 0 Å². The van der Waals surface area contributed by atoms with Gasteiger partial charge in [0.05, 0.1) is 38.8 Å². The third-order valence-electron chi connectivity index (χ3n) is 22.3. The maximum absolute atomic E-state index is 5.76. The van der Waals surface area contributed by atoms with E-state index < -0.39 is 0 Å². The van der Waals surface area contributed by atoms with Gasteiger partial charge in [0.15, 0.2) is 0 Å². The van der Waals surface area contributed by atoms with Crippen molar-refractivity contribution in [3.63, 3.8) is 0 Å². The lowest BCUT2D eigenvalue weighted by Crippen LogP contribution is -2.14. The van der Waals surface area contributed by atoms with Gasteiger partial charge in [-0.3, -0.25) is 9.13 Å². The standard InChI is InChI=1S/C91H65N5/c1-89(2)74-25-13-7-19-62(74)65-41-33-58(50-77(65)89)55-36-44-84-71(47-55)68-22-10-16-28-81(68)94(84)61-39-31-54(32-40-61)80-53-87(95-82-29-17-11-23-69(82)72-48-56(37-45-85(72)95)59-34-42-66-63-20-8-14-26-75(63)90(3,4)78(66)51-59)93-88(92-80)96-83-30-18-12-24-70(83)73-49-57(38-46-86(73)96)60-35-43-67-64-21-9-15-27-76(64)91(5,6)79(67)52-60/h7-53H,1-6H3. The van der Waals surface area contributed by atoms with Crippen molar-refractivity contribution in [2.75, 3.05) is 0 Å². The summed E-state index contributed by atoms with van der Waals surface area (Å²) in [4.78, 5) is 11.4. The summed E-state index contributed by atoms with van der Waals surface area (Å²) in [6.07, 6.45) is 0. The van der Waals surface area contributed by atoms with E-state index in [0.29, 0.717) is 5.95 Å². The van der Waals surface area contributed by atoms with Gasteiger partial charge in [0.1, 0.15) is 5.82 Å². The molecule has 0 saturated carbocycles. The van der Waals surface area contributed by atoms with Crippen molar-refractivity contribution in [1.82, 2.24) is 23.7 Å². The van der Waals surface area contributed by atoms with Gasteiger partial charge in [-0.25, -0.2) is 4.98 Å². The summed E-state index contributed by atoms with van der Waals surface area (Å²) >= 11 is 0. The van der Waals surface area contributed by atoms with Crippen LogP contribution in [0.1, 0.15) is 74.9 Å². The zero-order valence-electron chi connectivity index (χ0n) is 54.4. The molecule has 5 heteroatoms. The predicted molar refractivity (Wildman–Crippen MR) is 399 cm³/mol. The van der Waals surface area contributed by atoms with E-state index in [-0.39, 0.29) is 16.2 Å². The molecule has 0 N–H and O–H groups in total. The highest BCUT2D eigenvalue weighted by Crippen LogP contribution is 2.53. The molecule has 17 aromatic rings. The van der Waals surface area contributed by atoms with Crippen molar-refractivity contribution in [1.29, 1.82) is 0 Å². The summed E-state index contributed by atoms with van der Waals surface area (Å²) in [5.41, 5.74) is 32.6. The fourth-order valence-electron chi connectivity index (χ4n) is 17.4. The van der Waals surface area contributed by atoms with E-state index in [1.54, 1.807) is 0 Å². The number of benzene rings is 13. The van der Waals surface area contributed by atoms with Crippen LogP contribution in [0.3, 0.4) is 0 Å². The summed E-state index contributed by atoms with van der Waals surface area (Å²) in [6, 6.07) is 106. The fraction of sp³-hybridized carbons (Fsp3) is 0.0989. The van der Waals surface area contributed by atoms with Crippen LogP contribution in [-0.2, 0) is 16.2 Å². The molecular weight excluding hydrogens is 1160 g/mol. The lowest BCUT2D eigenvalue weighted by Gasteiger charge is -2.22. The Kier molecular flexibility index (Phi) is 11.3. The first-order chi connectivity index (χ1) is 46.8. The van der Waals surface area contributed by atoms with E-state index in [9.17, 15) is 0 Å². The Bertz CT molecular complexity index is 5990. The Morgan fingerprint density at radius 3 is 0.979 bits per heavy atom. The molecule has 0 spiro atoms. The molecule has 20 rings (SSSR count). The summed E-state index contributed by atoms with van der Waals surface area (Å²) in [7, 11) is 0. The number of fused-ring (bicyclic) bond motifs is 18. The molecule has 96 heavy (non-hydrogen) atoms. The van der Waals surface area contributed by atoms with Crippen LogP contribution in [0.25, 0.3) is 161 Å². The average Bonchev–Trinajstić information content (AvgIpc) is 1.59. The molecule has 3 aliphatic carbocycles. The van der Waals surface area contributed by atoms with Crippen LogP contribution in [0.4, 0.5) is 0 Å². The lowest BCUT2D eigenvalue weighted by atomic mass is 9.81. The normalized spacial score (nSPS) is 14.4. The van der Waals surface area contributed by atoms with E-state index in [0.717, 1.165) is 72.0 Å². The molecule has 0 amide bonds. The highest BCUT2D eigenvalue weighted by Gasteiger charge is 2.38. The molecule has 0 atom stereocenters. The van der Waals surface area contributed by atoms with Crippen molar-refractivity contribution in [2.24, 2.45) is 0 Å². The Labute approximate surface area is 557 Å². The van der Waals surface area contributed by atoms with E-state index in [1.165, 1.54) is 116 Å². The molecule has 0 unspecified atom stereocenters. The number of aromatic nitrogens is 5. The van der Waals surface area contributed by atoms with Gasteiger partial charge in [0.25, 0.3) is 0 Å². The SMILES string of the molecule is CC1(C)c2ccccc2-c2ccc(-c3ccc4c(c3)c3ccccc3n4-c3ccc(-c4cc(-n5c6ccccc6c6cc(-c7ccc8c(c7)C(C)(C)c7ccccc7-8)ccc65)nc(-n5c6ccccc6c6cc(-c7ccc8c(c7)C(C)(C)c7ccccc7-8)ccc65)n4)cc3)cc21. The number of rotatable bonds is 7. The molecule has 3 aliphatic rings. The minimum atomic E-state index is -0.111. The van der Waals surface area contributed by atoms with E-state index in [1.807, 2.05) is 0 Å². The molecule has 0 fully saturated rings. The van der Waals surface area contributed by atoms with Gasteiger partial charge < -0.3 is 4.57 Å². The molecule has 4 aromatic heterocycles. The second-order valence-electron chi connectivity index (χ2n) is 28.5. The van der Waals surface area contributed by atoms with Crippen molar-refractivity contribution < 1.29 is 0 Å². The van der Waals surface area contributed by atoms with Gasteiger partial charge in [0.2, 0.25) is 5.95 Å². The second kappa shape index (κ2) is 19.7. The smallest absolute Gasteiger partial charge is 0.237 e. The van der Waals surface area contributed by atoms with Gasteiger partial charge in [-0.15, -0.1) is 0 Å². The van der Waals surface area contributed by atoms with E-state index >= 15 is 0 Å². The summed E-state index contributed by atoms with van der Waals surface area (Å²) in [5.74, 6) is 1.38. The quantitative estimate of drug-likeness (QED) is 0.160.